The van der Waals surface area contributed by atoms with Gasteiger partial charge < -0.3 is 14.8 Å². The van der Waals surface area contributed by atoms with Gasteiger partial charge in [0, 0.05) is 18.2 Å². The van der Waals surface area contributed by atoms with Crippen LogP contribution in [0.15, 0.2) is 35.6 Å². The van der Waals surface area contributed by atoms with Gasteiger partial charge in [0.05, 0.1) is 35.3 Å². The first-order valence-corrected chi connectivity index (χ1v) is 14.1. The standard InChI is InChI=1S/C26H28N6O6S/c1-25(2,3)38-24(34)32-23-26(8-4-9-26)39(35,36)19-7-10-37-22-17(20(19)31-23)11-16(14-29-22)30-21(33)18-6-5-15(12-27)13-28-18/h5-6,11,13-14,19-20H,4,7-10H2,1-3H3,(H,30,33)(H,31,32,34). The second-order valence-electron chi connectivity index (χ2n) is 10.7. The topological polar surface area (TPSA) is 173 Å². The maximum Gasteiger partial charge on any atom is 0.413 e. The molecule has 0 saturated heterocycles. The molecule has 2 N–H and O–H groups in total. The van der Waals surface area contributed by atoms with Crippen molar-refractivity contribution >= 4 is 33.4 Å². The van der Waals surface area contributed by atoms with Gasteiger partial charge in [0.15, 0.2) is 9.84 Å². The number of pyridine rings is 2. The Kier molecular flexibility index (Phi) is 6.54. The van der Waals surface area contributed by atoms with E-state index in [-0.39, 0.29) is 36.1 Å². The maximum atomic E-state index is 14.0. The van der Waals surface area contributed by atoms with Crippen LogP contribution in [0.3, 0.4) is 0 Å². The first-order chi connectivity index (χ1) is 18.4. The molecule has 2 unspecified atom stereocenters. The normalized spacial score (nSPS) is 22.4. The lowest BCUT2D eigenvalue weighted by Gasteiger charge is -2.47. The summed E-state index contributed by atoms with van der Waals surface area (Å²) in [6.07, 6.45) is 3.51. The lowest BCUT2D eigenvalue weighted by Crippen LogP contribution is -2.64. The molecule has 1 aliphatic carbocycles. The van der Waals surface area contributed by atoms with E-state index < -0.39 is 43.5 Å². The van der Waals surface area contributed by atoms with Crippen molar-refractivity contribution in [1.29, 1.82) is 5.26 Å². The monoisotopic (exact) mass is 552 g/mol. The van der Waals surface area contributed by atoms with Crippen molar-refractivity contribution in [2.45, 2.75) is 68.1 Å². The van der Waals surface area contributed by atoms with Crippen LogP contribution < -0.4 is 15.4 Å². The van der Waals surface area contributed by atoms with Gasteiger partial charge in [0.25, 0.3) is 5.91 Å². The molecule has 1 saturated carbocycles. The van der Waals surface area contributed by atoms with Crippen molar-refractivity contribution in [1.82, 2.24) is 15.3 Å². The van der Waals surface area contributed by atoms with Gasteiger partial charge in [-0.3, -0.25) is 15.1 Å². The van der Waals surface area contributed by atoms with Gasteiger partial charge >= 0.3 is 6.09 Å². The predicted molar refractivity (Wildman–Crippen MR) is 140 cm³/mol. The van der Waals surface area contributed by atoms with Crippen molar-refractivity contribution in [3.8, 4) is 11.9 Å². The minimum atomic E-state index is -3.81. The fraction of sp³-hybridized carbons (Fsp3) is 0.462. The van der Waals surface area contributed by atoms with Crippen molar-refractivity contribution in [3.05, 3.63) is 47.4 Å². The minimum absolute atomic E-state index is 0.0633. The average molecular weight is 553 g/mol. The van der Waals surface area contributed by atoms with Gasteiger partial charge in [-0.15, -0.1) is 0 Å². The largest absolute Gasteiger partial charge is 0.477 e. The number of sulfone groups is 1. The smallest absolute Gasteiger partial charge is 0.413 e. The van der Waals surface area contributed by atoms with E-state index in [2.05, 4.69) is 20.6 Å². The van der Waals surface area contributed by atoms with Gasteiger partial charge in [0.2, 0.25) is 5.88 Å². The van der Waals surface area contributed by atoms with Crippen LogP contribution in [0.5, 0.6) is 5.88 Å². The van der Waals surface area contributed by atoms with Crippen LogP contribution in [0.1, 0.15) is 74.1 Å². The fourth-order valence-electron chi connectivity index (χ4n) is 5.01. The molecule has 1 fully saturated rings. The predicted octanol–water partition coefficient (Wildman–Crippen LogP) is 3.07. The highest BCUT2D eigenvalue weighted by molar-refractivity contribution is 7.94. The van der Waals surface area contributed by atoms with Gasteiger partial charge in [-0.2, -0.15) is 5.26 Å². The number of rotatable bonds is 2. The number of aliphatic imine (C=N–C) groups is 1. The lowest BCUT2D eigenvalue weighted by atomic mass is 9.82. The van der Waals surface area contributed by atoms with E-state index in [0.717, 1.165) is 0 Å². The average Bonchev–Trinajstić information content (AvgIpc) is 3.01. The molecule has 2 amide bonds. The van der Waals surface area contributed by atoms with Crippen LogP contribution in [0, 0.1) is 11.3 Å². The third-order valence-electron chi connectivity index (χ3n) is 7.00. The van der Waals surface area contributed by atoms with Crippen LogP contribution >= 0.6 is 0 Å². The summed E-state index contributed by atoms with van der Waals surface area (Å²) in [4.78, 5) is 38.5. The van der Waals surface area contributed by atoms with Crippen LogP contribution in [0.2, 0.25) is 0 Å². The van der Waals surface area contributed by atoms with Gasteiger partial charge in [-0.25, -0.2) is 23.2 Å². The van der Waals surface area contributed by atoms with Crippen molar-refractivity contribution in [2.75, 3.05) is 11.9 Å². The molecule has 1 spiro atoms. The van der Waals surface area contributed by atoms with E-state index in [0.29, 0.717) is 30.4 Å². The summed E-state index contributed by atoms with van der Waals surface area (Å²) in [7, 11) is -3.81. The highest BCUT2D eigenvalue weighted by Gasteiger charge is 2.61. The van der Waals surface area contributed by atoms with E-state index in [1.54, 1.807) is 26.8 Å². The molecule has 0 aromatic carbocycles. The number of aromatic nitrogens is 2. The number of nitriles is 1. The molecule has 2 aromatic heterocycles. The number of amides is 2. The number of amidine groups is 1. The third kappa shape index (κ3) is 4.80. The Morgan fingerprint density at radius 1 is 1.18 bits per heavy atom. The summed E-state index contributed by atoms with van der Waals surface area (Å²) in [5.74, 6) is -0.266. The second-order valence-corrected chi connectivity index (χ2v) is 13.2. The zero-order valence-corrected chi connectivity index (χ0v) is 22.5. The quantitative estimate of drug-likeness (QED) is 0.568. The summed E-state index contributed by atoms with van der Waals surface area (Å²) < 4.78 is 38.0. The first-order valence-electron chi connectivity index (χ1n) is 12.6. The van der Waals surface area contributed by atoms with Crippen molar-refractivity contribution in [2.24, 2.45) is 4.99 Å². The highest BCUT2D eigenvalue weighted by Crippen LogP contribution is 2.51. The van der Waals surface area contributed by atoms with Gasteiger partial charge in [0.1, 0.15) is 27.9 Å². The lowest BCUT2D eigenvalue weighted by molar-refractivity contribution is 0.0559. The molecule has 2 aliphatic heterocycles. The molecule has 39 heavy (non-hydrogen) atoms. The highest BCUT2D eigenvalue weighted by atomic mass is 32.2. The second kappa shape index (κ2) is 9.60. The summed E-state index contributed by atoms with van der Waals surface area (Å²) in [5.41, 5.74) is 0.290. The minimum Gasteiger partial charge on any atom is -0.477 e. The number of hydrogen-bond donors (Lipinski definition) is 2. The Morgan fingerprint density at radius 2 is 1.95 bits per heavy atom. The van der Waals surface area contributed by atoms with E-state index in [4.69, 9.17) is 19.7 Å². The summed E-state index contributed by atoms with van der Waals surface area (Å²) in [6, 6.07) is 5.51. The third-order valence-corrected chi connectivity index (χ3v) is 9.98. The number of alkyl carbamates (subject to hydrolysis) is 1. The summed E-state index contributed by atoms with van der Waals surface area (Å²) in [5, 5.41) is 13.4. The van der Waals surface area contributed by atoms with Crippen LogP contribution in [0.25, 0.3) is 0 Å². The fourth-order valence-corrected chi connectivity index (χ4v) is 7.78. The zero-order valence-electron chi connectivity index (χ0n) is 21.7. The molecular formula is C26H28N6O6S. The molecule has 0 radical (unpaired) electrons. The number of nitrogens with zero attached hydrogens (tertiary/aromatic N) is 4. The van der Waals surface area contributed by atoms with Crippen LogP contribution in [-0.4, -0.2) is 58.4 Å². The summed E-state index contributed by atoms with van der Waals surface area (Å²) in [6.45, 7) is 5.28. The molecule has 2 atom stereocenters. The molecule has 5 rings (SSSR count). The first kappa shape index (κ1) is 26.6. The van der Waals surface area contributed by atoms with Crippen LogP contribution in [0.4, 0.5) is 10.5 Å². The van der Waals surface area contributed by atoms with Gasteiger partial charge in [-0.1, -0.05) is 0 Å². The van der Waals surface area contributed by atoms with E-state index >= 15 is 0 Å². The molecule has 4 heterocycles. The number of fused-ring (bicyclic) bond motifs is 3. The molecule has 13 heteroatoms. The number of carbonyl (C=O) groups excluding carboxylic acids is 2. The van der Waals surface area contributed by atoms with E-state index in [9.17, 15) is 18.0 Å². The van der Waals surface area contributed by atoms with Gasteiger partial charge in [-0.05, 0) is 58.2 Å². The number of carbonyl (C=O) groups is 2. The Balaban J connectivity index is 1.51. The van der Waals surface area contributed by atoms with E-state index in [1.807, 2.05) is 6.07 Å². The van der Waals surface area contributed by atoms with Crippen LogP contribution in [-0.2, 0) is 14.6 Å². The molecular weight excluding hydrogens is 524 g/mol. The molecule has 3 aliphatic rings. The van der Waals surface area contributed by atoms with Crippen molar-refractivity contribution in [3.63, 3.8) is 0 Å². The zero-order chi connectivity index (χ0) is 28.0. The number of anilines is 1. The Morgan fingerprint density at radius 3 is 2.56 bits per heavy atom. The molecule has 0 bridgehead atoms. The molecule has 2 aromatic rings. The Bertz CT molecular complexity index is 1500. The Hall–Kier alpha value is -4.05. The number of nitrogens with one attached hydrogen (secondary N) is 2. The molecule has 204 valence electrons. The van der Waals surface area contributed by atoms with Crippen molar-refractivity contribution < 1.29 is 27.5 Å². The molecule has 12 nitrogen and oxygen atoms in total. The maximum absolute atomic E-state index is 14.0. The van der Waals surface area contributed by atoms with E-state index in [1.165, 1.54) is 24.5 Å². The summed E-state index contributed by atoms with van der Waals surface area (Å²) >= 11 is 0. The Labute approximate surface area is 225 Å². The SMILES string of the molecule is CC(C)(C)OC(=O)NC1=NC2c3cc(NC(=O)c4ccc(C#N)cn4)cnc3OCCC2S(=O)(=O)C12CCC2. The number of hydrogen-bond acceptors (Lipinski definition) is 10. The number of ether oxygens (including phenoxy) is 2.